The molecular weight excluding hydrogens is 554 g/mol. The fourth-order valence-corrected chi connectivity index (χ4v) is 6.80. The van der Waals surface area contributed by atoms with Crippen molar-refractivity contribution in [2.75, 3.05) is 6.26 Å². The molecule has 0 saturated heterocycles. The van der Waals surface area contributed by atoms with Gasteiger partial charge >= 0.3 is 0 Å². The van der Waals surface area contributed by atoms with Gasteiger partial charge < -0.3 is 9.88 Å². The molecule has 5 rings (SSSR count). The number of nitrogens with zero attached hydrogens (tertiary/aromatic N) is 2. The van der Waals surface area contributed by atoms with Crippen LogP contribution in [0.5, 0.6) is 0 Å². The largest absolute Gasteiger partial charge is 0.346 e. The highest BCUT2D eigenvalue weighted by Gasteiger charge is 2.49. The molecule has 1 aromatic heterocycles. The number of aryl methyl sites for hydroxylation is 1. The van der Waals surface area contributed by atoms with E-state index in [0.29, 0.717) is 34.6 Å². The van der Waals surface area contributed by atoms with E-state index in [9.17, 15) is 18.0 Å². The van der Waals surface area contributed by atoms with Crippen molar-refractivity contribution in [3.8, 4) is 0 Å². The first kappa shape index (κ1) is 28.3. The number of sulfonamides is 1. The molecule has 1 fully saturated rings. The van der Waals surface area contributed by atoms with E-state index in [-0.39, 0.29) is 12.5 Å². The molecule has 2 heterocycles. The Bertz CT molecular complexity index is 1490. The van der Waals surface area contributed by atoms with Crippen LogP contribution < -0.4 is 10.2 Å². The molecule has 0 spiro atoms. The predicted molar refractivity (Wildman–Crippen MR) is 150 cm³/mol. The molecule has 2 aromatic carbocycles. The fourth-order valence-electron chi connectivity index (χ4n) is 5.85. The summed E-state index contributed by atoms with van der Waals surface area (Å²) in [6.07, 6.45) is 5.51. The van der Waals surface area contributed by atoms with Gasteiger partial charge in [-0.05, 0) is 49.1 Å². The molecule has 3 N–H and O–H groups in total. The van der Waals surface area contributed by atoms with Gasteiger partial charge in [0.2, 0.25) is 10.0 Å². The highest BCUT2D eigenvalue weighted by atomic mass is 35.5. The average molecular weight is 586 g/mol. The van der Waals surface area contributed by atoms with Crippen molar-refractivity contribution in [1.82, 2.24) is 25.1 Å². The van der Waals surface area contributed by atoms with Crippen LogP contribution in [0.15, 0.2) is 54.9 Å². The maximum Gasteiger partial charge on any atom is 0.255 e. The van der Waals surface area contributed by atoms with Gasteiger partial charge in [-0.2, -0.15) is 0 Å². The molecule has 2 aliphatic rings. The first-order valence-corrected chi connectivity index (χ1v) is 15.5. The summed E-state index contributed by atoms with van der Waals surface area (Å²) >= 11 is 6.21. The number of amides is 2. The quantitative estimate of drug-likeness (QED) is 0.345. The SMILES string of the molecule is Cc1nc[nH]c1CONC(=O)[C@@H]1c2ccccc2C(=O)N(C2CCCC[C@@H]2NS(C)(=O)=O)[C@H]1c1ccc(Cl)cc1. The number of rotatable bonds is 8. The molecule has 2 amide bonds. The number of carbonyl (C=O) groups excluding carboxylic acids is 2. The molecule has 212 valence electrons. The second-order valence-corrected chi connectivity index (χ2v) is 12.6. The normalized spacial score (nSPS) is 23.1. The third kappa shape index (κ3) is 5.92. The Balaban J connectivity index is 1.57. The molecule has 1 aliphatic heterocycles. The molecule has 3 aromatic rings. The highest BCUT2D eigenvalue weighted by molar-refractivity contribution is 7.88. The number of aromatic amines is 1. The van der Waals surface area contributed by atoms with Crippen LogP contribution in [-0.2, 0) is 26.3 Å². The molecule has 1 aliphatic carbocycles. The molecule has 12 heteroatoms. The number of halogens is 1. The lowest BCUT2D eigenvalue weighted by molar-refractivity contribution is -0.138. The van der Waals surface area contributed by atoms with E-state index in [1.807, 2.05) is 6.92 Å². The van der Waals surface area contributed by atoms with Crippen molar-refractivity contribution in [3.05, 3.63) is 88.0 Å². The van der Waals surface area contributed by atoms with Crippen molar-refractivity contribution >= 4 is 33.4 Å². The topological polar surface area (TPSA) is 133 Å². The van der Waals surface area contributed by atoms with Crippen LogP contribution in [0.3, 0.4) is 0 Å². The number of hydroxylamine groups is 1. The summed E-state index contributed by atoms with van der Waals surface area (Å²) in [6.45, 7) is 1.92. The molecule has 10 nitrogen and oxygen atoms in total. The molecule has 4 atom stereocenters. The summed E-state index contributed by atoms with van der Waals surface area (Å²) in [5.41, 5.74) is 5.77. The van der Waals surface area contributed by atoms with E-state index in [0.717, 1.165) is 30.5 Å². The minimum atomic E-state index is -3.54. The van der Waals surface area contributed by atoms with E-state index in [4.69, 9.17) is 16.4 Å². The number of hydrogen-bond donors (Lipinski definition) is 3. The lowest BCUT2D eigenvalue weighted by Gasteiger charge is -2.49. The van der Waals surface area contributed by atoms with Gasteiger partial charge in [-0.1, -0.05) is 54.8 Å². The zero-order chi connectivity index (χ0) is 28.4. The van der Waals surface area contributed by atoms with Crippen LogP contribution >= 0.6 is 11.6 Å². The van der Waals surface area contributed by atoms with Gasteiger partial charge in [0.1, 0.15) is 6.61 Å². The first-order chi connectivity index (χ1) is 19.1. The van der Waals surface area contributed by atoms with Gasteiger partial charge in [-0.3, -0.25) is 14.4 Å². The Morgan fingerprint density at radius 2 is 1.88 bits per heavy atom. The summed E-state index contributed by atoms with van der Waals surface area (Å²) in [7, 11) is -3.54. The maximum absolute atomic E-state index is 14.2. The van der Waals surface area contributed by atoms with E-state index in [1.54, 1.807) is 59.8 Å². The van der Waals surface area contributed by atoms with Crippen LogP contribution in [0.2, 0.25) is 5.02 Å². The lowest BCUT2D eigenvalue weighted by Crippen LogP contribution is -2.59. The van der Waals surface area contributed by atoms with Crippen molar-refractivity contribution in [2.45, 2.75) is 63.3 Å². The lowest BCUT2D eigenvalue weighted by atomic mass is 9.76. The van der Waals surface area contributed by atoms with Gasteiger partial charge in [0.05, 0.1) is 35.9 Å². The minimum Gasteiger partial charge on any atom is -0.346 e. The van der Waals surface area contributed by atoms with E-state index in [1.165, 1.54) is 0 Å². The number of hydrogen-bond acceptors (Lipinski definition) is 6. The van der Waals surface area contributed by atoms with Gasteiger partial charge in [-0.25, -0.2) is 23.6 Å². The highest BCUT2D eigenvalue weighted by Crippen LogP contribution is 2.46. The second kappa shape index (κ2) is 11.7. The Morgan fingerprint density at radius 3 is 2.58 bits per heavy atom. The Kier molecular flexibility index (Phi) is 8.27. The Labute approximate surface area is 238 Å². The molecular formula is C28H32ClN5O5S. The first-order valence-electron chi connectivity index (χ1n) is 13.2. The number of carbonyl (C=O) groups is 2. The zero-order valence-electron chi connectivity index (χ0n) is 22.3. The zero-order valence-corrected chi connectivity index (χ0v) is 23.8. The average Bonchev–Trinajstić information content (AvgIpc) is 3.33. The number of nitrogens with one attached hydrogen (secondary N) is 3. The summed E-state index contributed by atoms with van der Waals surface area (Å²) in [5.74, 6) is -1.51. The van der Waals surface area contributed by atoms with Gasteiger partial charge in [0.25, 0.3) is 11.8 Å². The number of imidazole rings is 1. The van der Waals surface area contributed by atoms with Crippen LogP contribution in [-0.4, -0.2) is 53.4 Å². The minimum absolute atomic E-state index is 0.0865. The molecule has 1 unspecified atom stereocenters. The molecule has 1 saturated carbocycles. The smallest absolute Gasteiger partial charge is 0.255 e. The summed E-state index contributed by atoms with van der Waals surface area (Å²) in [4.78, 5) is 42.6. The fraction of sp³-hybridized carbons (Fsp3) is 0.393. The van der Waals surface area contributed by atoms with Crippen LogP contribution in [0, 0.1) is 6.92 Å². The number of fused-ring (bicyclic) bond motifs is 1. The molecule has 40 heavy (non-hydrogen) atoms. The number of aromatic nitrogens is 2. The van der Waals surface area contributed by atoms with Crippen molar-refractivity contribution in [3.63, 3.8) is 0 Å². The number of benzene rings is 2. The van der Waals surface area contributed by atoms with Crippen LogP contribution in [0.1, 0.15) is 70.5 Å². The third-order valence-electron chi connectivity index (χ3n) is 7.65. The predicted octanol–water partition coefficient (Wildman–Crippen LogP) is 3.76. The molecule has 0 bridgehead atoms. The summed E-state index contributed by atoms with van der Waals surface area (Å²) < 4.78 is 27.3. The third-order valence-corrected chi connectivity index (χ3v) is 8.63. The van der Waals surface area contributed by atoms with E-state index in [2.05, 4.69) is 20.2 Å². The Morgan fingerprint density at radius 1 is 1.15 bits per heavy atom. The number of H-pyrrole nitrogens is 1. The van der Waals surface area contributed by atoms with Gasteiger partial charge in [0, 0.05) is 22.7 Å². The van der Waals surface area contributed by atoms with Crippen molar-refractivity contribution in [1.29, 1.82) is 0 Å². The van der Waals surface area contributed by atoms with Crippen LogP contribution in [0.4, 0.5) is 0 Å². The van der Waals surface area contributed by atoms with Gasteiger partial charge in [0.15, 0.2) is 0 Å². The van der Waals surface area contributed by atoms with Crippen LogP contribution in [0.25, 0.3) is 0 Å². The maximum atomic E-state index is 14.2. The molecule has 0 radical (unpaired) electrons. The van der Waals surface area contributed by atoms with Gasteiger partial charge in [-0.15, -0.1) is 0 Å². The monoisotopic (exact) mass is 585 g/mol. The Hall–Kier alpha value is -3.25. The van der Waals surface area contributed by atoms with Crippen molar-refractivity contribution < 1.29 is 22.8 Å². The second-order valence-electron chi connectivity index (χ2n) is 10.3. The van der Waals surface area contributed by atoms with E-state index < -0.39 is 40.0 Å². The standard InChI is InChI=1S/C28H32ClN5O5S/c1-17-23(31-16-30-17)15-39-32-27(35)25-20-7-3-4-8-21(20)28(36)34(26(25)18-11-13-19(29)14-12-18)24-10-6-5-9-22(24)33-40(2,37)38/h3-4,7-8,11-14,16,22,24-26,33H,5-6,9-10,15H2,1-2H3,(H,30,31)(H,32,35)/t22-,24?,25+,26-/m0/s1. The van der Waals surface area contributed by atoms with E-state index >= 15 is 0 Å². The summed E-state index contributed by atoms with van der Waals surface area (Å²) in [5, 5.41) is 0.520. The van der Waals surface area contributed by atoms with Crippen molar-refractivity contribution in [2.24, 2.45) is 0 Å². The summed E-state index contributed by atoms with van der Waals surface area (Å²) in [6, 6.07) is 12.4.